The summed E-state index contributed by atoms with van der Waals surface area (Å²) in [5.74, 6) is 0.729. The molecule has 13 heavy (non-hydrogen) atoms. The van der Waals surface area contributed by atoms with E-state index in [4.69, 9.17) is 9.84 Å². The Bertz CT molecular complexity index is 236. The van der Waals surface area contributed by atoms with Gasteiger partial charge in [-0.3, -0.25) is 4.98 Å². The average Bonchev–Trinajstić information content (AvgIpc) is 2.19. The average molecular weight is 182 g/mol. The molecule has 4 nitrogen and oxygen atoms in total. The molecule has 72 valence electrons. The first-order chi connectivity index (χ1) is 6.36. The van der Waals surface area contributed by atoms with Gasteiger partial charge in [-0.2, -0.15) is 0 Å². The number of ether oxygens (including phenoxy) is 1. The second-order valence-electron chi connectivity index (χ2n) is 2.60. The van der Waals surface area contributed by atoms with E-state index in [-0.39, 0.29) is 6.61 Å². The minimum absolute atomic E-state index is 0.0310. The van der Waals surface area contributed by atoms with Crippen LogP contribution in [0, 0.1) is 0 Å². The van der Waals surface area contributed by atoms with Gasteiger partial charge >= 0.3 is 0 Å². The molecule has 1 aromatic rings. The summed E-state index contributed by atoms with van der Waals surface area (Å²) < 4.78 is 5.34. The molecule has 0 atom stereocenters. The summed E-state index contributed by atoms with van der Waals surface area (Å²) in [4.78, 5) is 3.98. The van der Waals surface area contributed by atoms with Crippen molar-refractivity contribution in [2.24, 2.45) is 0 Å². The fourth-order valence-electron chi connectivity index (χ4n) is 0.861. The maximum absolute atomic E-state index is 8.73. The summed E-state index contributed by atoms with van der Waals surface area (Å²) >= 11 is 0. The monoisotopic (exact) mass is 182 g/mol. The van der Waals surface area contributed by atoms with Crippen molar-refractivity contribution in [2.75, 3.05) is 20.2 Å². The number of nitrogens with one attached hydrogen (secondary N) is 1. The van der Waals surface area contributed by atoms with Crippen LogP contribution in [0.5, 0.6) is 5.75 Å². The molecule has 1 heterocycles. The van der Waals surface area contributed by atoms with Crippen molar-refractivity contribution in [3.05, 3.63) is 24.0 Å². The number of hydrogen-bond donors (Lipinski definition) is 2. The third-order valence-electron chi connectivity index (χ3n) is 1.58. The Hall–Kier alpha value is -1.13. The highest BCUT2D eigenvalue weighted by atomic mass is 16.5. The molecular formula is C9H14N2O2. The molecular weight excluding hydrogens is 168 g/mol. The maximum atomic E-state index is 8.73. The van der Waals surface area contributed by atoms with Crippen molar-refractivity contribution in [3.8, 4) is 5.75 Å². The molecule has 0 saturated carbocycles. The zero-order chi connectivity index (χ0) is 9.52. The highest BCUT2D eigenvalue weighted by Gasteiger charge is 1.94. The maximum Gasteiger partial charge on any atom is 0.137 e. The van der Waals surface area contributed by atoms with Gasteiger partial charge in [0.25, 0.3) is 0 Å². The van der Waals surface area contributed by atoms with Crippen LogP contribution in [0.25, 0.3) is 0 Å². The molecule has 0 fully saturated rings. The van der Waals surface area contributed by atoms with Crippen LogP contribution in [0.2, 0.25) is 0 Å². The lowest BCUT2D eigenvalue weighted by Gasteiger charge is -2.04. The molecule has 1 rings (SSSR count). The number of aliphatic hydroxyl groups is 1. The van der Waals surface area contributed by atoms with Crippen molar-refractivity contribution < 1.29 is 9.84 Å². The number of hydrogen-bond acceptors (Lipinski definition) is 4. The van der Waals surface area contributed by atoms with Gasteiger partial charge in [-0.25, -0.2) is 0 Å². The molecule has 0 saturated heterocycles. The van der Waals surface area contributed by atoms with Crippen molar-refractivity contribution >= 4 is 0 Å². The molecule has 0 amide bonds. The standard InChI is InChI=1S/C9H14N2O2/c1-10-4-5-13-9-3-2-8(7-12)11-6-9/h2-3,6,10,12H,4-5,7H2,1H3. The predicted octanol–water partition coefficient (Wildman–Crippen LogP) is 0.172. The Balaban J connectivity index is 2.40. The third kappa shape index (κ3) is 3.40. The van der Waals surface area contributed by atoms with Crippen LogP contribution in [0.1, 0.15) is 5.69 Å². The highest BCUT2D eigenvalue weighted by molar-refractivity contribution is 5.19. The summed E-state index contributed by atoms with van der Waals surface area (Å²) in [5.41, 5.74) is 0.654. The number of likely N-dealkylation sites (N-methyl/N-ethyl adjacent to an activating group) is 1. The normalized spacial score (nSPS) is 10.0. The smallest absolute Gasteiger partial charge is 0.137 e. The molecule has 2 N–H and O–H groups in total. The predicted molar refractivity (Wildman–Crippen MR) is 49.6 cm³/mol. The largest absolute Gasteiger partial charge is 0.491 e. The van der Waals surface area contributed by atoms with E-state index >= 15 is 0 Å². The summed E-state index contributed by atoms with van der Waals surface area (Å²) in [5, 5.41) is 11.7. The van der Waals surface area contributed by atoms with Crippen LogP contribution in [-0.4, -0.2) is 30.3 Å². The van der Waals surface area contributed by atoms with Crippen LogP contribution >= 0.6 is 0 Å². The summed E-state index contributed by atoms with van der Waals surface area (Å²) in [7, 11) is 1.87. The van der Waals surface area contributed by atoms with Crippen LogP contribution < -0.4 is 10.1 Å². The first-order valence-corrected chi connectivity index (χ1v) is 4.20. The fourth-order valence-corrected chi connectivity index (χ4v) is 0.861. The molecule has 0 spiro atoms. The molecule has 1 aromatic heterocycles. The van der Waals surface area contributed by atoms with E-state index in [2.05, 4.69) is 10.3 Å². The molecule has 4 heteroatoms. The van der Waals surface area contributed by atoms with Gasteiger partial charge in [0.15, 0.2) is 0 Å². The zero-order valence-electron chi connectivity index (χ0n) is 7.66. The Morgan fingerprint density at radius 1 is 1.54 bits per heavy atom. The molecule has 0 aliphatic heterocycles. The van der Waals surface area contributed by atoms with E-state index in [0.29, 0.717) is 12.3 Å². The van der Waals surface area contributed by atoms with Gasteiger partial charge in [0.05, 0.1) is 18.5 Å². The van der Waals surface area contributed by atoms with Crippen molar-refractivity contribution in [2.45, 2.75) is 6.61 Å². The van der Waals surface area contributed by atoms with Crippen LogP contribution in [0.3, 0.4) is 0 Å². The van der Waals surface area contributed by atoms with Gasteiger partial charge in [-0.15, -0.1) is 0 Å². The Kier molecular flexibility index (Phi) is 4.21. The lowest BCUT2D eigenvalue weighted by molar-refractivity contribution is 0.275. The highest BCUT2D eigenvalue weighted by Crippen LogP contribution is 2.08. The van der Waals surface area contributed by atoms with E-state index in [0.717, 1.165) is 12.3 Å². The number of rotatable bonds is 5. The Labute approximate surface area is 77.6 Å². The van der Waals surface area contributed by atoms with E-state index in [1.165, 1.54) is 0 Å². The topological polar surface area (TPSA) is 54.4 Å². The van der Waals surface area contributed by atoms with E-state index in [1.54, 1.807) is 18.3 Å². The third-order valence-corrected chi connectivity index (χ3v) is 1.58. The van der Waals surface area contributed by atoms with Crippen LogP contribution in [0.15, 0.2) is 18.3 Å². The van der Waals surface area contributed by atoms with Gasteiger partial charge < -0.3 is 15.2 Å². The lowest BCUT2D eigenvalue weighted by Crippen LogP contribution is -2.15. The number of pyridine rings is 1. The van der Waals surface area contributed by atoms with Crippen LogP contribution in [0.4, 0.5) is 0 Å². The Morgan fingerprint density at radius 3 is 2.92 bits per heavy atom. The first-order valence-electron chi connectivity index (χ1n) is 4.20. The summed E-state index contributed by atoms with van der Waals surface area (Å²) in [6.07, 6.45) is 1.61. The first kappa shape index (κ1) is 9.95. The van der Waals surface area contributed by atoms with E-state index < -0.39 is 0 Å². The van der Waals surface area contributed by atoms with Crippen molar-refractivity contribution in [3.63, 3.8) is 0 Å². The van der Waals surface area contributed by atoms with Crippen molar-refractivity contribution in [1.82, 2.24) is 10.3 Å². The van der Waals surface area contributed by atoms with E-state index in [1.807, 2.05) is 7.05 Å². The van der Waals surface area contributed by atoms with Crippen molar-refractivity contribution in [1.29, 1.82) is 0 Å². The molecule has 0 unspecified atom stereocenters. The summed E-state index contributed by atoms with van der Waals surface area (Å²) in [6, 6.07) is 3.54. The van der Waals surface area contributed by atoms with Gasteiger partial charge in [0, 0.05) is 6.54 Å². The molecule has 0 bridgehead atoms. The Morgan fingerprint density at radius 2 is 2.38 bits per heavy atom. The minimum atomic E-state index is -0.0310. The molecule has 0 aliphatic rings. The van der Waals surface area contributed by atoms with Gasteiger partial charge in [-0.05, 0) is 19.2 Å². The lowest BCUT2D eigenvalue weighted by atomic mass is 10.3. The van der Waals surface area contributed by atoms with Gasteiger partial charge in [0.1, 0.15) is 12.4 Å². The van der Waals surface area contributed by atoms with E-state index in [9.17, 15) is 0 Å². The SMILES string of the molecule is CNCCOc1ccc(CO)nc1. The van der Waals surface area contributed by atoms with Gasteiger partial charge in [-0.1, -0.05) is 0 Å². The quantitative estimate of drug-likeness (QED) is 0.637. The van der Waals surface area contributed by atoms with Gasteiger partial charge in [0.2, 0.25) is 0 Å². The summed E-state index contributed by atoms with van der Waals surface area (Å²) in [6.45, 7) is 1.40. The molecule has 0 aromatic carbocycles. The molecule has 0 radical (unpaired) electrons. The number of nitrogens with zero attached hydrogens (tertiary/aromatic N) is 1. The fraction of sp³-hybridized carbons (Fsp3) is 0.444. The second kappa shape index (κ2) is 5.50. The minimum Gasteiger partial charge on any atom is -0.491 e. The second-order valence-corrected chi connectivity index (χ2v) is 2.60. The molecule has 0 aliphatic carbocycles. The number of aliphatic hydroxyl groups excluding tert-OH is 1. The van der Waals surface area contributed by atoms with Crippen LogP contribution in [-0.2, 0) is 6.61 Å². The number of aromatic nitrogens is 1. The zero-order valence-corrected chi connectivity index (χ0v) is 7.66.